The molecular weight excluding hydrogens is 488 g/mol. The van der Waals surface area contributed by atoms with Crippen LogP contribution in [0.1, 0.15) is 65.3 Å². The van der Waals surface area contributed by atoms with E-state index in [1.165, 1.54) is 11.4 Å². The van der Waals surface area contributed by atoms with Gasteiger partial charge < -0.3 is 18.3 Å². The summed E-state index contributed by atoms with van der Waals surface area (Å²) in [6.45, 7) is 10.9. The number of para-hydroxylation sites is 1. The quantitative estimate of drug-likeness (QED) is 0.163. The van der Waals surface area contributed by atoms with Gasteiger partial charge in [0.25, 0.3) is 0 Å². The largest absolute Gasteiger partial charge is 0.486 e. The number of furan rings is 1. The molecule has 0 spiro atoms. The van der Waals surface area contributed by atoms with Crippen LogP contribution in [0.3, 0.4) is 0 Å². The minimum atomic E-state index is -0.414. The van der Waals surface area contributed by atoms with Crippen molar-refractivity contribution in [2.75, 3.05) is 0 Å². The molecule has 0 aliphatic carbocycles. The lowest BCUT2D eigenvalue weighted by molar-refractivity contribution is 0.0923. The van der Waals surface area contributed by atoms with Crippen molar-refractivity contribution < 1.29 is 13.9 Å². The Labute approximate surface area is 228 Å². The maximum atomic E-state index is 12.7. The molecule has 0 aliphatic rings. The van der Waals surface area contributed by atoms with Gasteiger partial charge in [0.2, 0.25) is 0 Å². The maximum absolute atomic E-state index is 12.7. The molecule has 1 N–H and O–H groups in total. The molecule has 5 rings (SSSR count). The highest BCUT2D eigenvalue weighted by atomic mass is 16.5. The lowest BCUT2D eigenvalue weighted by Gasteiger charge is -2.15. The number of hydrogen-bond acceptors (Lipinski definition) is 4. The Bertz CT molecular complexity index is 1620. The van der Waals surface area contributed by atoms with Crippen LogP contribution in [0, 0.1) is 20.8 Å². The van der Waals surface area contributed by atoms with Crippen LogP contribution in [0.25, 0.3) is 16.6 Å². The van der Waals surface area contributed by atoms with Crippen LogP contribution < -0.4 is 10.2 Å². The minimum absolute atomic E-state index is 0.179. The predicted molar refractivity (Wildman–Crippen MR) is 155 cm³/mol. The number of ether oxygens (including phenoxy) is 1. The zero-order valence-corrected chi connectivity index (χ0v) is 23.1. The summed E-state index contributed by atoms with van der Waals surface area (Å²) >= 11 is 0. The molecule has 0 fully saturated rings. The van der Waals surface area contributed by atoms with Gasteiger partial charge in [-0.25, -0.2) is 5.43 Å². The van der Waals surface area contributed by atoms with Crippen LogP contribution in [0.2, 0.25) is 0 Å². The van der Waals surface area contributed by atoms with Gasteiger partial charge in [-0.1, -0.05) is 25.1 Å². The highest BCUT2D eigenvalue weighted by Gasteiger charge is 2.16. The average molecular weight is 523 g/mol. The van der Waals surface area contributed by atoms with Crippen LogP contribution in [-0.4, -0.2) is 21.3 Å². The number of nitrogens with zero attached hydrogens (tertiary/aromatic N) is 3. The van der Waals surface area contributed by atoms with Crippen molar-refractivity contribution >= 4 is 23.0 Å². The molecule has 0 aliphatic heterocycles. The third-order valence-electron chi connectivity index (χ3n) is 7.23. The van der Waals surface area contributed by atoms with Gasteiger partial charge in [0.15, 0.2) is 5.76 Å². The number of benzene rings is 2. The summed E-state index contributed by atoms with van der Waals surface area (Å²) in [6, 6.07) is 24.1. The molecule has 3 heterocycles. The van der Waals surface area contributed by atoms with E-state index < -0.39 is 5.91 Å². The third-order valence-corrected chi connectivity index (χ3v) is 7.23. The molecule has 5 aromatic rings. The number of aromatic nitrogens is 2. The van der Waals surface area contributed by atoms with Gasteiger partial charge in [-0.05, 0) is 88.7 Å². The van der Waals surface area contributed by atoms with E-state index in [1.54, 1.807) is 18.3 Å². The normalized spacial score (nSPS) is 12.3. The second kappa shape index (κ2) is 11.1. The van der Waals surface area contributed by atoms with Crippen LogP contribution in [0.15, 0.2) is 82.3 Å². The van der Waals surface area contributed by atoms with Crippen molar-refractivity contribution in [1.82, 2.24) is 14.6 Å². The third kappa shape index (κ3) is 5.25. The van der Waals surface area contributed by atoms with Crippen molar-refractivity contribution in [3.8, 4) is 11.4 Å². The van der Waals surface area contributed by atoms with E-state index in [1.807, 2.05) is 36.4 Å². The van der Waals surface area contributed by atoms with Gasteiger partial charge in [-0.3, -0.25) is 4.79 Å². The molecular formula is C32H34N4O3. The Morgan fingerprint density at radius 2 is 1.72 bits per heavy atom. The average Bonchev–Trinajstić information content (AvgIpc) is 3.63. The first kappa shape index (κ1) is 26.1. The first-order chi connectivity index (χ1) is 18.9. The summed E-state index contributed by atoms with van der Waals surface area (Å²) in [7, 11) is 0. The number of hydrazone groups is 1. The van der Waals surface area contributed by atoms with Gasteiger partial charge in [-0.2, -0.15) is 5.10 Å². The van der Waals surface area contributed by atoms with Crippen molar-refractivity contribution in [1.29, 1.82) is 0 Å². The molecule has 0 saturated heterocycles. The first-order valence-corrected chi connectivity index (χ1v) is 13.3. The Morgan fingerprint density at radius 3 is 2.44 bits per heavy atom. The van der Waals surface area contributed by atoms with Gasteiger partial charge in [0.05, 0.1) is 6.21 Å². The standard InChI is InChI=1S/C32H34N4O3/c1-6-21(2)36-24(5)29(28-9-7-8-10-30(28)36)19-33-34-32(37)31-18-17-27(39-31)20-38-26-15-13-25(14-16-26)35-22(3)11-12-23(35)4/h7-19,21H,6,20H2,1-5H3,(H,34,37)/b33-19+/t21-/m0/s1. The summed E-state index contributed by atoms with van der Waals surface area (Å²) in [5.41, 5.74) is 9.31. The molecule has 1 atom stereocenters. The molecule has 39 heavy (non-hydrogen) atoms. The lowest BCUT2D eigenvalue weighted by atomic mass is 10.1. The molecule has 7 nitrogen and oxygen atoms in total. The Hall–Kier alpha value is -4.52. The molecule has 200 valence electrons. The van der Waals surface area contributed by atoms with E-state index in [-0.39, 0.29) is 12.4 Å². The van der Waals surface area contributed by atoms with Crippen molar-refractivity contribution in [3.63, 3.8) is 0 Å². The van der Waals surface area contributed by atoms with Gasteiger partial charge in [0.1, 0.15) is 18.1 Å². The summed E-state index contributed by atoms with van der Waals surface area (Å²) in [5, 5.41) is 5.35. The van der Waals surface area contributed by atoms with E-state index >= 15 is 0 Å². The van der Waals surface area contributed by atoms with Gasteiger partial charge in [0, 0.05) is 45.3 Å². The second-order valence-electron chi connectivity index (χ2n) is 9.84. The molecule has 7 heteroatoms. The highest BCUT2D eigenvalue weighted by molar-refractivity contribution is 6.01. The van der Waals surface area contributed by atoms with E-state index in [0.29, 0.717) is 11.8 Å². The summed E-state index contributed by atoms with van der Waals surface area (Å²) in [6.07, 6.45) is 2.73. The van der Waals surface area contributed by atoms with Crippen LogP contribution in [0.4, 0.5) is 0 Å². The SMILES string of the molecule is CC[C@H](C)n1c(C)c(/C=N/NC(=O)c2ccc(COc3ccc(-n4c(C)ccc4C)cc3)o2)c2ccccc21. The molecule has 2 aromatic carbocycles. The fourth-order valence-electron chi connectivity index (χ4n) is 5.04. The summed E-state index contributed by atoms with van der Waals surface area (Å²) < 4.78 is 16.1. The molecule has 3 aromatic heterocycles. The maximum Gasteiger partial charge on any atom is 0.307 e. The number of carbonyl (C=O) groups excluding carboxylic acids is 1. The number of amides is 1. The van der Waals surface area contributed by atoms with Gasteiger partial charge in [-0.15, -0.1) is 0 Å². The number of carbonyl (C=O) groups is 1. The number of rotatable bonds is 9. The zero-order valence-electron chi connectivity index (χ0n) is 23.1. The minimum Gasteiger partial charge on any atom is -0.486 e. The smallest absolute Gasteiger partial charge is 0.307 e. The molecule has 0 bridgehead atoms. The van der Waals surface area contributed by atoms with Crippen molar-refractivity contribution in [3.05, 3.63) is 107 Å². The molecule has 0 saturated carbocycles. The van der Waals surface area contributed by atoms with Crippen LogP contribution in [0.5, 0.6) is 5.75 Å². The molecule has 0 radical (unpaired) electrons. The lowest BCUT2D eigenvalue weighted by Crippen LogP contribution is -2.17. The van der Waals surface area contributed by atoms with Crippen molar-refractivity contribution in [2.45, 2.75) is 53.7 Å². The fourth-order valence-corrected chi connectivity index (χ4v) is 5.04. The van der Waals surface area contributed by atoms with E-state index in [4.69, 9.17) is 9.15 Å². The molecule has 0 unspecified atom stereocenters. The molecule has 1 amide bonds. The van der Waals surface area contributed by atoms with E-state index in [0.717, 1.165) is 40.0 Å². The zero-order chi connectivity index (χ0) is 27.5. The Morgan fingerprint density at radius 1 is 1.00 bits per heavy atom. The van der Waals surface area contributed by atoms with E-state index in [2.05, 4.69) is 78.5 Å². The predicted octanol–water partition coefficient (Wildman–Crippen LogP) is 7.26. The van der Waals surface area contributed by atoms with Crippen LogP contribution >= 0.6 is 0 Å². The second-order valence-corrected chi connectivity index (χ2v) is 9.84. The van der Waals surface area contributed by atoms with Crippen LogP contribution in [-0.2, 0) is 6.61 Å². The van der Waals surface area contributed by atoms with Crippen molar-refractivity contribution in [2.24, 2.45) is 5.10 Å². The Balaban J connectivity index is 1.21. The first-order valence-electron chi connectivity index (χ1n) is 13.3. The fraction of sp³-hybridized carbons (Fsp3) is 0.250. The number of nitrogens with one attached hydrogen (secondary N) is 1. The number of hydrogen-bond donors (Lipinski definition) is 1. The summed E-state index contributed by atoms with van der Waals surface area (Å²) in [4.78, 5) is 12.7. The summed E-state index contributed by atoms with van der Waals surface area (Å²) in [5.74, 6) is 1.04. The number of aryl methyl sites for hydroxylation is 2. The van der Waals surface area contributed by atoms with E-state index in [9.17, 15) is 4.79 Å². The number of fused-ring (bicyclic) bond motifs is 1. The monoisotopic (exact) mass is 522 g/mol. The van der Waals surface area contributed by atoms with Gasteiger partial charge >= 0.3 is 5.91 Å². The Kier molecular flexibility index (Phi) is 7.41. The highest BCUT2D eigenvalue weighted by Crippen LogP contribution is 2.29. The topological polar surface area (TPSA) is 73.7 Å².